The lowest BCUT2D eigenvalue weighted by Crippen LogP contribution is -1.97. The smallest absolute Gasteiger partial charge is 0.336 e. The van der Waals surface area contributed by atoms with Crippen molar-refractivity contribution in [2.45, 2.75) is 6.92 Å². The molecule has 0 unspecified atom stereocenters. The molecule has 6 heteroatoms. The number of fused-ring (bicyclic) bond motifs is 3. The van der Waals surface area contributed by atoms with Crippen molar-refractivity contribution >= 4 is 21.9 Å². The van der Waals surface area contributed by atoms with E-state index >= 15 is 0 Å². The minimum atomic E-state index is -0.461. The molecule has 5 rings (SSSR count). The number of ether oxygens (including phenoxy) is 3. The zero-order valence-electron chi connectivity index (χ0n) is 13.9. The molecular formula is C20H14O6. The Bertz CT molecular complexity index is 1200. The highest BCUT2D eigenvalue weighted by molar-refractivity contribution is 5.97. The van der Waals surface area contributed by atoms with Crippen LogP contribution < -0.4 is 19.8 Å². The summed E-state index contributed by atoms with van der Waals surface area (Å²) in [5.74, 6) is 2.39. The van der Waals surface area contributed by atoms with Gasteiger partial charge in [-0.15, -0.1) is 0 Å². The van der Waals surface area contributed by atoms with Crippen molar-refractivity contribution in [2.24, 2.45) is 0 Å². The number of para-hydroxylation sites is 1. The molecule has 0 aliphatic carbocycles. The number of furan rings is 1. The van der Waals surface area contributed by atoms with Crippen LogP contribution in [-0.4, -0.2) is 13.4 Å². The molecule has 0 atom stereocenters. The highest BCUT2D eigenvalue weighted by atomic mass is 16.7. The van der Waals surface area contributed by atoms with E-state index in [1.165, 1.54) is 6.07 Å². The second-order valence-electron chi connectivity index (χ2n) is 5.90. The van der Waals surface area contributed by atoms with Crippen LogP contribution in [0.25, 0.3) is 33.3 Å². The van der Waals surface area contributed by atoms with Gasteiger partial charge in [0.1, 0.15) is 11.3 Å². The Morgan fingerprint density at radius 2 is 1.88 bits per heavy atom. The Morgan fingerprint density at radius 1 is 1.04 bits per heavy atom. The SMILES string of the molecule is CCOc1cccc2cc(-c3cc(=O)oc4cc5c(cc34)OCO5)oc12. The van der Waals surface area contributed by atoms with Crippen LogP contribution in [0.15, 0.2) is 56.1 Å². The fourth-order valence-electron chi connectivity index (χ4n) is 3.19. The number of hydrogen-bond donors (Lipinski definition) is 0. The van der Waals surface area contributed by atoms with E-state index in [1.54, 1.807) is 12.1 Å². The second kappa shape index (κ2) is 5.56. The van der Waals surface area contributed by atoms with Crippen LogP contribution in [0.4, 0.5) is 0 Å². The summed E-state index contributed by atoms with van der Waals surface area (Å²) < 4.78 is 27.8. The van der Waals surface area contributed by atoms with E-state index in [-0.39, 0.29) is 6.79 Å². The fourth-order valence-corrected chi connectivity index (χ4v) is 3.19. The molecule has 1 aliphatic rings. The molecule has 0 radical (unpaired) electrons. The van der Waals surface area contributed by atoms with E-state index in [0.29, 0.717) is 51.7 Å². The van der Waals surface area contributed by atoms with Crippen molar-refractivity contribution in [3.63, 3.8) is 0 Å². The van der Waals surface area contributed by atoms with Crippen molar-refractivity contribution in [1.82, 2.24) is 0 Å². The lowest BCUT2D eigenvalue weighted by Gasteiger charge is -2.05. The third kappa shape index (κ3) is 2.23. The minimum Gasteiger partial charge on any atom is -0.490 e. The fraction of sp³-hybridized carbons (Fsp3) is 0.150. The van der Waals surface area contributed by atoms with Gasteiger partial charge in [-0.1, -0.05) is 12.1 Å². The molecule has 6 nitrogen and oxygen atoms in total. The molecule has 0 saturated carbocycles. The molecule has 0 bridgehead atoms. The highest BCUT2D eigenvalue weighted by Gasteiger charge is 2.20. The Morgan fingerprint density at radius 3 is 2.73 bits per heavy atom. The van der Waals surface area contributed by atoms with E-state index in [9.17, 15) is 4.79 Å². The molecule has 0 fully saturated rings. The Hall–Kier alpha value is -3.41. The molecule has 2 aromatic heterocycles. The molecule has 0 saturated heterocycles. The molecule has 0 spiro atoms. The molecule has 0 amide bonds. The summed E-state index contributed by atoms with van der Waals surface area (Å²) in [5.41, 5.74) is 1.23. The summed E-state index contributed by atoms with van der Waals surface area (Å²) in [6, 6.07) is 12.5. The lowest BCUT2D eigenvalue weighted by atomic mass is 10.1. The van der Waals surface area contributed by atoms with Gasteiger partial charge in [0.25, 0.3) is 0 Å². The maximum atomic E-state index is 12.1. The highest BCUT2D eigenvalue weighted by Crippen LogP contribution is 2.40. The predicted octanol–water partition coefficient (Wildman–Crippen LogP) is 4.33. The summed E-state index contributed by atoms with van der Waals surface area (Å²) in [6.07, 6.45) is 0. The van der Waals surface area contributed by atoms with E-state index in [4.69, 9.17) is 23.0 Å². The molecule has 2 aromatic carbocycles. The number of benzene rings is 2. The van der Waals surface area contributed by atoms with Crippen molar-refractivity contribution < 1.29 is 23.0 Å². The van der Waals surface area contributed by atoms with E-state index in [1.807, 2.05) is 31.2 Å². The Labute approximate surface area is 147 Å². The van der Waals surface area contributed by atoms with Crippen molar-refractivity contribution in [3.8, 4) is 28.6 Å². The van der Waals surface area contributed by atoms with Gasteiger partial charge in [-0.05, 0) is 25.1 Å². The van der Waals surface area contributed by atoms with Crippen LogP contribution in [0, 0.1) is 0 Å². The van der Waals surface area contributed by atoms with Crippen molar-refractivity contribution in [1.29, 1.82) is 0 Å². The van der Waals surface area contributed by atoms with Crippen LogP contribution in [0.5, 0.6) is 17.2 Å². The van der Waals surface area contributed by atoms with Gasteiger partial charge in [0.2, 0.25) is 6.79 Å². The van der Waals surface area contributed by atoms with E-state index in [2.05, 4.69) is 0 Å². The van der Waals surface area contributed by atoms with E-state index in [0.717, 1.165) is 5.39 Å². The third-order valence-electron chi connectivity index (χ3n) is 4.31. The Kier molecular flexibility index (Phi) is 3.18. The number of hydrogen-bond acceptors (Lipinski definition) is 6. The lowest BCUT2D eigenvalue weighted by molar-refractivity contribution is 0.174. The van der Waals surface area contributed by atoms with Gasteiger partial charge in [-0.3, -0.25) is 0 Å². The largest absolute Gasteiger partial charge is 0.490 e. The van der Waals surface area contributed by atoms with Gasteiger partial charge in [0.15, 0.2) is 22.8 Å². The topological polar surface area (TPSA) is 71.0 Å². The maximum absolute atomic E-state index is 12.1. The zero-order valence-corrected chi connectivity index (χ0v) is 13.9. The molecule has 1 aliphatic heterocycles. The predicted molar refractivity (Wildman–Crippen MR) is 95.0 cm³/mol. The third-order valence-corrected chi connectivity index (χ3v) is 4.31. The normalized spacial score (nSPS) is 12.8. The summed E-state index contributed by atoms with van der Waals surface area (Å²) in [5, 5.41) is 1.61. The first-order chi connectivity index (χ1) is 12.7. The summed E-state index contributed by atoms with van der Waals surface area (Å²) >= 11 is 0. The van der Waals surface area contributed by atoms with Gasteiger partial charge in [0, 0.05) is 28.5 Å². The van der Waals surface area contributed by atoms with Gasteiger partial charge < -0.3 is 23.0 Å². The molecule has 130 valence electrons. The van der Waals surface area contributed by atoms with Crippen LogP contribution in [0.3, 0.4) is 0 Å². The standard InChI is InChI=1S/C20H14O6/c1-2-22-14-5-3-4-11-6-15(26-20(11)14)13-8-19(21)25-16-9-18-17(7-12(13)16)23-10-24-18/h3-9H,2,10H2,1H3. The first-order valence-corrected chi connectivity index (χ1v) is 8.26. The summed E-state index contributed by atoms with van der Waals surface area (Å²) in [7, 11) is 0. The maximum Gasteiger partial charge on any atom is 0.336 e. The quantitative estimate of drug-likeness (QED) is 0.512. The van der Waals surface area contributed by atoms with Crippen molar-refractivity contribution in [3.05, 3.63) is 52.9 Å². The molecular weight excluding hydrogens is 336 g/mol. The summed E-state index contributed by atoms with van der Waals surface area (Å²) in [4.78, 5) is 12.1. The molecule has 26 heavy (non-hydrogen) atoms. The first-order valence-electron chi connectivity index (χ1n) is 8.26. The minimum absolute atomic E-state index is 0.146. The average molecular weight is 350 g/mol. The monoisotopic (exact) mass is 350 g/mol. The van der Waals surface area contributed by atoms with Crippen molar-refractivity contribution in [2.75, 3.05) is 13.4 Å². The van der Waals surface area contributed by atoms with Crippen LogP contribution in [0.1, 0.15) is 6.92 Å². The molecule has 4 aromatic rings. The van der Waals surface area contributed by atoms with Gasteiger partial charge in [0.05, 0.1) is 6.61 Å². The average Bonchev–Trinajstić information content (AvgIpc) is 3.26. The van der Waals surface area contributed by atoms with Crippen LogP contribution in [0.2, 0.25) is 0 Å². The molecule has 0 N–H and O–H groups in total. The van der Waals surface area contributed by atoms with Gasteiger partial charge in [-0.25, -0.2) is 4.79 Å². The summed E-state index contributed by atoms with van der Waals surface area (Å²) in [6.45, 7) is 2.60. The van der Waals surface area contributed by atoms with Crippen LogP contribution >= 0.6 is 0 Å². The van der Waals surface area contributed by atoms with Crippen LogP contribution in [-0.2, 0) is 0 Å². The van der Waals surface area contributed by atoms with Gasteiger partial charge >= 0.3 is 5.63 Å². The van der Waals surface area contributed by atoms with E-state index < -0.39 is 5.63 Å². The Balaban J connectivity index is 1.77. The van der Waals surface area contributed by atoms with Gasteiger partial charge in [-0.2, -0.15) is 0 Å². The number of rotatable bonds is 3. The zero-order chi connectivity index (χ0) is 17.7. The first kappa shape index (κ1) is 14.9. The second-order valence-corrected chi connectivity index (χ2v) is 5.90. The molecule has 3 heterocycles.